The summed E-state index contributed by atoms with van der Waals surface area (Å²) in [6, 6.07) is 0.557. The predicted molar refractivity (Wildman–Crippen MR) is 80.3 cm³/mol. The number of aromatic nitrogens is 4. The first-order valence-electron chi connectivity index (χ1n) is 7.46. The molecule has 0 atom stereocenters. The quantitative estimate of drug-likeness (QED) is 0.935. The molecule has 0 radical (unpaired) electrons. The molecule has 0 aliphatic heterocycles. The van der Waals surface area contributed by atoms with Crippen LogP contribution in [-0.2, 0) is 7.05 Å². The second kappa shape index (κ2) is 5.31. The van der Waals surface area contributed by atoms with Gasteiger partial charge in [0, 0.05) is 25.5 Å². The van der Waals surface area contributed by atoms with Crippen LogP contribution in [0.15, 0.2) is 12.4 Å². The van der Waals surface area contributed by atoms with Gasteiger partial charge >= 0.3 is 0 Å². The van der Waals surface area contributed by atoms with E-state index in [0.29, 0.717) is 6.04 Å². The van der Waals surface area contributed by atoms with Crippen molar-refractivity contribution in [1.29, 1.82) is 0 Å². The average Bonchev–Trinajstić information content (AvgIpc) is 2.93. The van der Waals surface area contributed by atoms with Gasteiger partial charge in [-0.15, -0.1) is 0 Å². The molecule has 0 saturated heterocycles. The third-order valence-corrected chi connectivity index (χ3v) is 4.01. The van der Waals surface area contributed by atoms with E-state index >= 15 is 0 Å². The fourth-order valence-corrected chi connectivity index (χ4v) is 3.04. The Morgan fingerprint density at radius 2 is 1.90 bits per heavy atom. The van der Waals surface area contributed by atoms with Crippen LogP contribution < -0.4 is 5.32 Å². The van der Waals surface area contributed by atoms with Gasteiger partial charge in [0.05, 0.1) is 17.1 Å². The van der Waals surface area contributed by atoms with Gasteiger partial charge < -0.3 is 5.32 Å². The fourth-order valence-electron chi connectivity index (χ4n) is 3.04. The standard InChI is InChI=1S/C15H23N5/c1-11-9-20(14-10-19(3)18-12(14)2)15(16-11)17-13-7-5-4-6-8-13/h9-10,13H,4-8H2,1-3H3,(H,16,17). The molecule has 1 saturated carbocycles. The number of anilines is 1. The van der Waals surface area contributed by atoms with E-state index in [1.165, 1.54) is 32.1 Å². The topological polar surface area (TPSA) is 47.7 Å². The van der Waals surface area contributed by atoms with Gasteiger partial charge in [-0.2, -0.15) is 5.10 Å². The zero-order valence-corrected chi connectivity index (χ0v) is 12.6. The zero-order valence-electron chi connectivity index (χ0n) is 12.6. The molecule has 108 valence electrons. The van der Waals surface area contributed by atoms with E-state index in [9.17, 15) is 0 Å². The van der Waals surface area contributed by atoms with Crippen molar-refractivity contribution in [3.05, 3.63) is 23.8 Å². The van der Waals surface area contributed by atoms with Gasteiger partial charge in [0.1, 0.15) is 0 Å². The van der Waals surface area contributed by atoms with Gasteiger partial charge in [0.15, 0.2) is 0 Å². The summed E-state index contributed by atoms with van der Waals surface area (Å²) < 4.78 is 3.98. The van der Waals surface area contributed by atoms with Crippen molar-refractivity contribution >= 4 is 5.95 Å². The van der Waals surface area contributed by atoms with Crippen LogP contribution >= 0.6 is 0 Å². The van der Waals surface area contributed by atoms with Crippen LogP contribution in [0.3, 0.4) is 0 Å². The lowest BCUT2D eigenvalue weighted by Crippen LogP contribution is -2.24. The van der Waals surface area contributed by atoms with Gasteiger partial charge in [-0.3, -0.25) is 9.25 Å². The van der Waals surface area contributed by atoms with Gasteiger partial charge in [-0.25, -0.2) is 4.98 Å². The summed E-state index contributed by atoms with van der Waals surface area (Å²) in [7, 11) is 1.95. The second-order valence-electron chi connectivity index (χ2n) is 5.83. The van der Waals surface area contributed by atoms with Crippen molar-refractivity contribution < 1.29 is 0 Å². The number of aryl methyl sites for hydroxylation is 3. The first kappa shape index (κ1) is 13.2. The molecule has 0 spiro atoms. The highest BCUT2D eigenvalue weighted by Gasteiger charge is 2.17. The minimum Gasteiger partial charge on any atom is -0.353 e. The van der Waals surface area contributed by atoms with Crippen molar-refractivity contribution in [1.82, 2.24) is 19.3 Å². The summed E-state index contributed by atoms with van der Waals surface area (Å²) in [6.07, 6.45) is 10.6. The van der Waals surface area contributed by atoms with Crippen LogP contribution in [0.25, 0.3) is 5.69 Å². The summed E-state index contributed by atoms with van der Waals surface area (Å²) >= 11 is 0. The van der Waals surface area contributed by atoms with Crippen molar-refractivity contribution in [3.8, 4) is 5.69 Å². The molecular formula is C15H23N5. The molecule has 2 heterocycles. The highest BCUT2D eigenvalue weighted by atomic mass is 15.3. The molecule has 0 aromatic carbocycles. The van der Waals surface area contributed by atoms with E-state index < -0.39 is 0 Å². The Balaban J connectivity index is 1.89. The summed E-state index contributed by atoms with van der Waals surface area (Å²) in [5.74, 6) is 0.950. The van der Waals surface area contributed by atoms with E-state index in [2.05, 4.69) is 26.2 Å². The molecule has 0 bridgehead atoms. The molecule has 3 rings (SSSR count). The molecule has 1 aliphatic rings. The molecule has 5 nitrogen and oxygen atoms in total. The number of imidazole rings is 1. The van der Waals surface area contributed by atoms with E-state index in [0.717, 1.165) is 23.0 Å². The monoisotopic (exact) mass is 273 g/mol. The lowest BCUT2D eigenvalue weighted by Gasteiger charge is -2.23. The smallest absolute Gasteiger partial charge is 0.208 e. The fraction of sp³-hybridized carbons (Fsp3) is 0.600. The minimum absolute atomic E-state index is 0.557. The summed E-state index contributed by atoms with van der Waals surface area (Å²) in [6.45, 7) is 4.07. The van der Waals surface area contributed by atoms with Crippen LogP contribution in [-0.4, -0.2) is 25.4 Å². The number of rotatable bonds is 3. The van der Waals surface area contributed by atoms with Crippen molar-refractivity contribution in [2.75, 3.05) is 5.32 Å². The Bertz CT molecular complexity index is 589. The predicted octanol–water partition coefficient (Wildman–Crippen LogP) is 2.97. The molecule has 1 aliphatic carbocycles. The molecule has 2 aromatic heterocycles. The van der Waals surface area contributed by atoms with E-state index in [1.54, 1.807) is 0 Å². The highest BCUT2D eigenvalue weighted by molar-refractivity contribution is 5.45. The lowest BCUT2D eigenvalue weighted by molar-refractivity contribution is 0.460. The Labute approximate surface area is 120 Å². The van der Waals surface area contributed by atoms with E-state index in [1.807, 2.05) is 31.8 Å². The second-order valence-corrected chi connectivity index (χ2v) is 5.83. The Morgan fingerprint density at radius 3 is 2.55 bits per heavy atom. The van der Waals surface area contributed by atoms with Crippen LogP contribution in [0, 0.1) is 13.8 Å². The zero-order chi connectivity index (χ0) is 14.1. The molecule has 20 heavy (non-hydrogen) atoms. The Morgan fingerprint density at radius 1 is 1.15 bits per heavy atom. The maximum absolute atomic E-state index is 4.65. The molecule has 0 unspecified atom stereocenters. The van der Waals surface area contributed by atoms with Crippen LogP contribution in [0.4, 0.5) is 5.95 Å². The van der Waals surface area contributed by atoms with Crippen LogP contribution in [0.1, 0.15) is 43.5 Å². The first-order chi connectivity index (χ1) is 9.63. The van der Waals surface area contributed by atoms with Crippen molar-refractivity contribution in [2.45, 2.75) is 52.0 Å². The number of hydrogen-bond acceptors (Lipinski definition) is 3. The first-order valence-corrected chi connectivity index (χ1v) is 7.46. The van der Waals surface area contributed by atoms with E-state index in [4.69, 9.17) is 0 Å². The Kier molecular flexibility index (Phi) is 3.51. The minimum atomic E-state index is 0.557. The largest absolute Gasteiger partial charge is 0.353 e. The lowest BCUT2D eigenvalue weighted by atomic mass is 9.96. The SMILES string of the molecule is Cc1cn(-c2cn(C)nc2C)c(NC2CCCCC2)n1. The average molecular weight is 273 g/mol. The van der Waals surface area contributed by atoms with Gasteiger partial charge in [0.25, 0.3) is 0 Å². The highest BCUT2D eigenvalue weighted by Crippen LogP contribution is 2.24. The van der Waals surface area contributed by atoms with Crippen LogP contribution in [0.2, 0.25) is 0 Å². The van der Waals surface area contributed by atoms with Gasteiger partial charge in [-0.1, -0.05) is 19.3 Å². The van der Waals surface area contributed by atoms with E-state index in [-0.39, 0.29) is 0 Å². The molecule has 0 amide bonds. The number of nitrogens with one attached hydrogen (secondary N) is 1. The number of nitrogens with zero attached hydrogens (tertiary/aromatic N) is 4. The van der Waals surface area contributed by atoms with Gasteiger partial charge in [0.2, 0.25) is 5.95 Å². The normalized spacial score (nSPS) is 16.6. The molecular weight excluding hydrogens is 250 g/mol. The van der Waals surface area contributed by atoms with Gasteiger partial charge in [-0.05, 0) is 26.7 Å². The molecule has 1 N–H and O–H groups in total. The summed E-state index contributed by atoms with van der Waals surface area (Å²) in [5.41, 5.74) is 3.16. The molecule has 1 fully saturated rings. The molecule has 2 aromatic rings. The number of hydrogen-bond donors (Lipinski definition) is 1. The Hall–Kier alpha value is -1.78. The van der Waals surface area contributed by atoms with Crippen molar-refractivity contribution in [2.24, 2.45) is 7.05 Å². The third-order valence-electron chi connectivity index (χ3n) is 4.01. The summed E-state index contributed by atoms with van der Waals surface area (Å²) in [4.78, 5) is 4.65. The summed E-state index contributed by atoms with van der Waals surface area (Å²) in [5, 5.41) is 8.04. The molecule has 5 heteroatoms. The maximum atomic E-state index is 4.65. The third kappa shape index (κ3) is 2.57. The van der Waals surface area contributed by atoms with Crippen LogP contribution in [0.5, 0.6) is 0 Å². The van der Waals surface area contributed by atoms with Crippen molar-refractivity contribution in [3.63, 3.8) is 0 Å². The maximum Gasteiger partial charge on any atom is 0.208 e.